The van der Waals surface area contributed by atoms with Crippen LogP contribution in [0, 0.1) is 5.92 Å². The Morgan fingerprint density at radius 1 is 1.39 bits per heavy atom. The molecule has 1 unspecified atom stereocenters. The summed E-state index contributed by atoms with van der Waals surface area (Å²) in [5.74, 6) is 0.383. The number of rotatable bonds is 5. The normalized spacial score (nSPS) is 17.8. The van der Waals surface area contributed by atoms with Crippen LogP contribution in [-0.4, -0.2) is 33.1 Å². The van der Waals surface area contributed by atoms with Crippen LogP contribution in [0.3, 0.4) is 0 Å². The van der Waals surface area contributed by atoms with Crippen molar-refractivity contribution in [2.75, 3.05) is 13.2 Å². The fourth-order valence-corrected chi connectivity index (χ4v) is 3.94. The van der Waals surface area contributed by atoms with E-state index in [0.717, 1.165) is 48.2 Å². The zero-order valence-electron chi connectivity index (χ0n) is 12.5. The minimum absolute atomic E-state index is 0.383. The van der Waals surface area contributed by atoms with Gasteiger partial charge >= 0.3 is 0 Å². The molecule has 6 nitrogen and oxygen atoms in total. The molecule has 0 aliphatic carbocycles. The Morgan fingerprint density at radius 2 is 2.39 bits per heavy atom. The van der Waals surface area contributed by atoms with E-state index in [1.165, 1.54) is 0 Å². The molecule has 0 amide bonds. The number of thiazole rings is 1. The summed E-state index contributed by atoms with van der Waals surface area (Å²) in [6.07, 6.45) is 1.84. The van der Waals surface area contributed by atoms with Crippen LogP contribution >= 0.6 is 22.7 Å². The molecular formula is C15H17N5OS2. The van der Waals surface area contributed by atoms with Gasteiger partial charge < -0.3 is 10.1 Å². The van der Waals surface area contributed by atoms with Gasteiger partial charge in [-0.25, -0.2) is 9.67 Å². The molecule has 4 heterocycles. The number of ether oxygens (including phenoxy) is 1. The molecular weight excluding hydrogens is 330 g/mol. The van der Waals surface area contributed by atoms with Crippen LogP contribution in [0.5, 0.6) is 0 Å². The highest BCUT2D eigenvalue weighted by atomic mass is 32.1. The van der Waals surface area contributed by atoms with E-state index in [-0.39, 0.29) is 0 Å². The third kappa shape index (κ3) is 3.35. The molecule has 1 N–H and O–H groups in total. The predicted octanol–water partition coefficient (Wildman–Crippen LogP) is 2.40. The SMILES string of the molecule is c1csc(CNCC2COCc3c(-c4ccsc4)nnn3C2)n1. The molecule has 0 radical (unpaired) electrons. The molecule has 3 aromatic rings. The highest BCUT2D eigenvalue weighted by Crippen LogP contribution is 2.26. The average molecular weight is 347 g/mol. The summed E-state index contributed by atoms with van der Waals surface area (Å²) in [7, 11) is 0. The number of thiophene rings is 1. The van der Waals surface area contributed by atoms with E-state index in [2.05, 4.69) is 37.4 Å². The molecule has 0 spiro atoms. The maximum absolute atomic E-state index is 5.87. The lowest BCUT2D eigenvalue weighted by Crippen LogP contribution is -2.28. The van der Waals surface area contributed by atoms with Crippen LogP contribution in [0.2, 0.25) is 0 Å². The molecule has 1 aliphatic rings. The molecule has 0 aromatic carbocycles. The van der Waals surface area contributed by atoms with E-state index < -0.39 is 0 Å². The lowest BCUT2D eigenvalue weighted by Gasteiger charge is -2.14. The monoisotopic (exact) mass is 347 g/mol. The van der Waals surface area contributed by atoms with E-state index in [1.54, 1.807) is 22.7 Å². The van der Waals surface area contributed by atoms with Crippen molar-refractivity contribution in [3.63, 3.8) is 0 Å². The van der Waals surface area contributed by atoms with Gasteiger partial charge in [-0.1, -0.05) is 5.21 Å². The van der Waals surface area contributed by atoms with E-state index in [9.17, 15) is 0 Å². The van der Waals surface area contributed by atoms with Gasteiger partial charge in [-0.15, -0.1) is 16.4 Å². The summed E-state index contributed by atoms with van der Waals surface area (Å²) in [6.45, 7) is 3.82. The molecule has 4 rings (SSSR count). The number of hydrogen-bond acceptors (Lipinski definition) is 7. The fraction of sp³-hybridized carbons (Fsp3) is 0.400. The van der Waals surface area contributed by atoms with E-state index >= 15 is 0 Å². The van der Waals surface area contributed by atoms with Crippen molar-refractivity contribution >= 4 is 22.7 Å². The second-order valence-electron chi connectivity index (χ2n) is 5.52. The second kappa shape index (κ2) is 6.88. The Morgan fingerprint density at radius 3 is 3.22 bits per heavy atom. The Balaban J connectivity index is 1.41. The zero-order chi connectivity index (χ0) is 15.5. The van der Waals surface area contributed by atoms with E-state index in [1.807, 2.05) is 16.3 Å². The first kappa shape index (κ1) is 14.9. The summed E-state index contributed by atoms with van der Waals surface area (Å²) in [4.78, 5) is 4.28. The summed E-state index contributed by atoms with van der Waals surface area (Å²) in [5.41, 5.74) is 3.15. The minimum Gasteiger partial charge on any atom is -0.375 e. The van der Waals surface area contributed by atoms with Gasteiger partial charge in [0.1, 0.15) is 10.7 Å². The maximum Gasteiger partial charge on any atom is 0.119 e. The van der Waals surface area contributed by atoms with Crippen molar-refractivity contribution in [3.05, 3.63) is 39.1 Å². The Bertz CT molecular complexity index is 738. The number of fused-ring (bicyclic) bond motifs is 1. The first-order valence-electron chi connectivity index (χ1n) is 7.52. The first-order chi connectivity index (χ1) is 11.4. The predicted molar refractivity (Wildman–Crippen MR) is 90.3 cm³/mol. The molecule has 3 aromatic heterocycles. The molecule has 1 aliphatic heterocycles. The lowest BCUT2D eigenvalue weighted by atomic mass is 10.1. The standard InChI is InChI=1S/C15H17N5OS2/c1-3-22-10-12(1)15-13-9-21-8-11(7-20(13)19-18-15)5-16-6-14-17-2-4-23-14/h1-4,10-11,16H,5-9H2. The lowest BCUT2D eigenvalue weighted by molar-refractivity contribution is 0.0941. The highest BCUT2D eigenvalue weighted by Gasteiger charge is 2.22. The second-order valence-corrected chi connectivity index (χ2v) is 7.28. The van der Waals surface area contributed by atoms with Crippen LogP contribution in [0.25, 0.3) is 11.3 Å². The van der Waals surface area contributed by atoms with Gasteiger partial charge in [0.2, 0.25) is 0 Å². The van der Waals surface area contributed by atoms with Crippen molar-refractivity contribution < 1.29 is 4.74 Å². The van der Waals surface area contributed by atoms with Crippen LogP contribution in [0.4, 0.5) is 0 Å². The third-order valence-electron chi connectivity index (χ3n) is 3.85. The molecule has 0 fully saturated rings. The van der Waals surface area contributed by atoms with Gasteiger partial charge in [0.25, 0.3) is 0 Å². The van der Waals surface area contributed by atoms with Crippen molar-refractivity contribution in [1.82, 2.24) is 25.3 Å². The molecule has 0 saturated carbocycles. The molecule has 1 atom stereocenters. The highest BCUT2D eigenvalue weighted by molar-refractivity contribution is 7.09. The van der Waals surface area contributed by atoms with Gasteiger partial charge in [0.05, 0.1) is 18.9 Å². The Labute approximate surface area is 142 Å². The molecule has 120 valence electrons. The van der Waals surface area contributed by atoms with Gasteiger partial charge in [-0.2, -0.15) is 11.3 Å². The van der Waals surface area contributed by atoms with Gasteiger partial charge in [0.15, 0.2) is 0 Å². The van der Waals surface area contributed by atoms with Gasteiger partial charge in [0, 0.05) is 48.1 Å². The summed E-state index contributed by atoms with van der Waals surface area (Å²) in [6, 6.07) is 2.08. The van der Waals surface area contributed by atoms with Crippen LogP contribution in [0.15, 0.2) is 28.4 Å². The van der Waals surface area contributed by atoms with E-state index in [0.29, 0.717) is 12.5 Å². The van der Waals surface area contributed by atoms with Crippen molar-refractivity contribution in [2.24, 2.45) is 5.92 Å². The number of hydrogen-bond donors (Lipinski definition) is 1. The molecule has 0 saturated heterocycles. The maximum atomic E-state index is 5.87. The van der Waals surface area contributed by atoms with Crippen molar-refractivity contribution in [1.29, 1.82) is 0 Å². The Kier molecular flexibility index (Phi) is 4.47. The quantitative estimate of drug-likeness (QED) is 0.768. The molecule has 0 bridgehead atoms. The summed E-state index contributed by atoms with van der Waals surface area (Å²) >= 11 is 3.34. The summed E-state index contributed by atoms with van der Waals surface area (Å²) < 4.78 is 7.86. The van der Waals surface area contributed by atoms with Gasteiger partial charge in [-0.05, 0) is 11.4 Å². The number of nitrogens with zero attached hydrogens (tertiary/aromatic N) is 4. The van der Waals surface area contributed by atoms with Crippen LogP contribution < -0.4 is 5.32 Å². The van der Waals surface area contributed by atoms with Crippen molar-refractivity contribution in [2.45, 2.75) is 19.7 Å². The Hall–Kier alpha value is -1.61. The number of nitrogens with one attached hydrogen (secondary N) is 1. The van der Waals surface area contributed by atoms with Crippen molar-refractivity contribution in [3.8, 4) is 11.3 Å². The summed E-state index contributed by atoms with van der Waals surface area (Å²) in [5, 5.41) is 19.4. The smallest absolute Gasteiger partial charge is 0.119 e. The van der Waals surface area contributed by atoms with Crippen LogP contribution in [-0.2, 0) is 24.4 Å². The number of aromatic nitrogens is 4. The minimum atomic E-state index is 0.383. The average Bonchev–Trinajstić information content (AvgIpc) is 3.28. The topological polar surface area (TPSA) is 64.9 Å². The molecule has 23 heavy (non-hydrogen) atoms. The fourth-order valence-electron chi connectivity index (χ4n) is 2.71. The van der Waals surface area contributed by atoms with Crippen LogP contribution in [0.1, 0.15) is 10.7 Å². The van der Waals surface area contributed by atoms with E-state index in [4.69, 9.17) is 4.74 Å². The zero-order valence-corrected chi connectivity index (χ0v) is 14.1. The molecule has 8 heteroatoms. The van der Waals surface area contributed by atoms with Gasteiger partial charge in [-0.3, -0.25) is 0 Å². The third-order valence-corrected chi connectivity index (χ3v) is 5.31. The largest absolute Gasteiger partial charge is 0.375 e. The first-order valence-corrected chi connectivity index (χ1v) is 9.34.